The summed E-state index contributed by atoms with van der Waals surface area (Å²) in [5, 5.41) is 12.1. The average molecular weight is 232 g/mol. The number of pyridine rings is 1. The fourth-order valence-electron chi connectivity index (χ4n) is 1.90. The van der Waals surface area contributed by atoms with Gasteiger partial charge in [0, 0.05) is 12.6 Å². The van der Waals surface area contributed by atoms with Crippen molar-refractivity contribution in [3.63, 3.8) is 0 Å². The Morgan fingerprint density at radius 3 is 3.00 bits per heavy atom. The molecule has 1 aliphatic rings. The van der Waals surface area contributed by atoms with Gasteiger partial charge in [0.2, 0.25) is 0 Å². The minimum absolute atomic E-state index is 0.274. The van der Waals surface area contributed by atoms with Crippen LogP contribution in [0.15, 0.2) is 12.1 Å². The molecule has 1 fully saturated rings. The second kappa shape index (κ2) is 5.02. The molecule has 0 aliphatic heterocycles. The van der Waals surface area contributed by atoms with Crippen LogP contribution in [0.3, 0.4) is 0 Å². The van der Waals surface area contributed by atoms with Crippen LogP contribution in [0.1, 0.15) is 25.5 Å². The lowest BCUT2D eigenvalue weighted by molar-refractivity contribution is 0.00292. The molecule has 0 bridgehead atoms. The molecule has 0 amide bonds. The van der Waals surface area contributed by atoms with E-state index in [9.17, 15) is 0 Å². The number of hydrogen-bond acceptors (Lipinski definition) is 5. The van der Waals surface area contributed by atoms with Gasteiger partial charge in [-0.1, -0.05) is 0 Å². The van der Waals surface area contributed by atoms with Crippen LogP contribution in [0.4, 0.5) is 11.5 Å². The molecule has 0 aromatic carbocycles. The summed E-state index contributed by atoms with van der Waals surface area (Å²) in [6.07, 6.45) is 2.34. The second-order valence-corrected chi connectivity index (χ2v) is 4.14. The van der Waals surface area contributed by atoms with Gasteiger partial charge in [-0.3, -0.25) is 0 Å². The van der Waals surface area contributed by atoms with Gasteiger partial charge in [0.15, 0.2) is 5.69 Å². The fourth-order valence-corrected chi connectivity index (χ4v) is 1.90. The average Bonchev–Trinajstić information content (AvgIpc) is 2.28. The van der Waals surface area contributed by atoms with Gasteiger partial charge in [0.25, 0.3) is 0 Å². The molecule has 1 heterocycles. The fraction of sp³-hybridized carbons (Fsp3) is 0.500. The zero-order chi connectivity index (χ0) is 12.3. The quantitative estimate of drug-likeness (QED) is 0.822. The van der Waals surface area contributed by atoms with E-state index in [1.807, 2.05) is 13.0 Å². The molecular formula is C12H16N4O. The predicted molar refractivity (Wildman–Crippen MR) is 65.4 cm³/mol. The predicted octanol–water partition coefficient (Wildman–Crippen LogP) is 1.51. The molecule has 1 saturated carbocycles. The van der Waals surface area contributed by atoms with E-state index in [2.05, 4.69) is 10.3 Å². The highest BCUT2D eigenvalue weighted by Crippen LogP contribution is 2.26. The molecule has 5 heteroatoms. The molecule has 17 heavy (non-hydrogen) atoms. The van der Waals surface area contributed by atoms with E-state index in [0.717, 1.165) is 19.4 Å². The molecule has 1 aromatic rings. The first kappa shape index (κ1) is 11.7. The molecule has 90 valence electrons. The maximum absolute atomic E-state index is 8.82. The number of aromatic nitrogens is 1. The third kappa shape index (κ3) is 2.66. The minimum atomic E-state index is 0.274. The normalized spacial score (nSPS) is 22.6. The zero-order valence-electron chi connectivity index (χ0n) is 9.81. The molecule has 1 aliphatic carbocycles. The number of anilines is 2. The summed E-state index contributed by atoms with van der Waals surface area (Å²) in [6.45, 7) is 2.76. The van der Waals surface area contributed by atoms with Crippen molar-refractivity contribution < 1.29 is 4.74 Å². The van der Waals surface area contributed by atoms with Crippen LogP contribution in [0.5, 0.6) is 0 Å². The van der Waals surface area contributed by atoms with Gasteiger partial charge in [0.05, 0.1) is 11.8 Å². The SMILES string of the molecule is CCOC1CC(Nc2ccc(N)c(C#N)n2)C1. The third-order valence-electron chi connectivity index (χ3n) is 2.88. The third-order valence-corrected chi connectivity index (χ3v) is 2.88. The topological polar surface area (TPSA) is 84.0 Å². The summed E-state index contributed by atoms with van der Waals surface area (Å²) in [4.78, 5) is 4.15. The largest absolute Gasteiger partial charge is 0.396 e. The molecule has 0 saturated heterocycles. The second-order valence-electron chi connectivity index (χ2n) is 4.14. The van der Waals surface area contributed by atoms with Crippen LogP contribution < -0.4 is 11.1 Å². The summed E-state index contributed by atoms with van der Waals surface area (Å²) in [5.74, 6) is 0.704. The summed E-state index contributed by atoms with van der Waals surface area (Å²) in [7, 11) is 0. The number of nitrogen functional groups attached to an aromatic ring is 1. The zero-order valence-corrected chi connectivity index (χ0v) is 9.81. The molecule has 1 aromatic heterocycles. The number of nitrogens with two attached hydrogens (primary N) is 1. The van der Waals surface area contributed by atoms with Gasteiger partial charge in [-0.2, -0.15) is 5.26 Å². The lowest BCUT2D eigenvalue weighted by atomic mass is 9.89. The molecule has 0 atom stereocenters. The maximum atomic E-state index is 8.82. The number of ether oxygens (including phenoxy) is 1. The first-order valence-electron chi connectivity index (χ1n) is 5.77. The Morgan fingerprint density at radius 1 is 1.59 bits per heavy atom. The first-order valence-corrected chi connectivity index (χ1v) is 5.77. The van der Waals surface area contributed by atoms with Crippen molar-refractivity contribution in [2.75, 3.05) is 17.7 Å². The Kier molecular flexibility index (Phi) is 3.45. The Morgan fingerprint density at radius 2 is 2.35 bits per heavy atom. The number of rotatable bonds is 4. The highest BCUT2D eigenvalue weighted by molar-refractivity contribution is 5.54. The van der Waals surface area contributed by atoms with Gasteiger partial charge in [0.1, 0.15) is 11.9 Å². The van der Waals surface area contributed by atoms with Crippen molar-refractivity contribution in [1.82, 2.24) is 4.98 Å². The molecule has 0 spiro atoms. The Balaban J connectivity index is 1.91. The molecule has 0 unspecified atom stereocenters. The number of nitrogens with one attached hydrogen (secondary N) is 1. The van der Waals surface area contributed by atoms with Crippen molar-refractivity contribution in [2.45, 2.75) is 31.9 Å². The lowest BCUT2D eigenvalue weighted by Crippen LogP contribution is -2.41. The molecule has 2 rings (SSSR count). The Labute approximate surface area is 101 Å². The van der Waals surface area contributed by atoms with E-state index in [1.165, 1.54) is 0 Å². The molecule has 5 nitrogen and oxygen atoms in total. The standard InChI is InChI=1S/C12H16N4O/c1-2-17-9-5-8(6-9)15-12-4-3-10(14)11(7-13)16-12/h3-4,8-9H,2,5-6,14H2,1H3,(H,15,16). The smallest absolute Gasteiger partial charge is 0.165 e. The van der Waals surface area contributed by atoms with Crippen LogP contribution >= 0.6 is 0 Å². The monoisotopic (exact) mass is 232 g/mol. The van der Waals surface area contributed by atoms with Crippen molar-refractivity contribution >= 4 is 11.5 Å². The van der Waals surface area contributed by atoms with Crippen LogP contribution in [0, 0.1) is 11.3 Å². The van der Waals surface area contributed by atoms with E-state index in [4.69, 9.17) is 15.7 Å². The minimum Gasteiger partial charge on any atom is -0.396 e. The van der Waals surface area contributed by atoms with Gasteiger partial charge in [-0.05, 0) is 31.9 Å². The first-order chi connectivity index (χ1) is 8.22. The Bertz CT molecular complexity index is 435. The van der Waals surface area contributed by atoms with E-state index in [1.54, 1.807) is 12.1 Å². The van der Waals surface area contributed by atoms with Crippen molar-refractivity contribution in [2.24, 2.45) is 0 Å². The Hall–Kier alpha value is -1.80. The maximum Gasteiger partial charge on any atom is 0.165 e. The summed E-state index contributed by atoms with van der Waals surface area (Å²) >= 11 is 0. The number of nitrogens with zero attached hydrogens (tertiary/aromatic N) is 2. The molecule has 0 radical (unpaired) electrons. The highest BCUT2D eigenvalue weighted by atomic mass is 16.5. The van der Waals surface area contributed by atoms with Crippen LogP contribution in [0.25, 0.3) is 0 Å². The van der Waals surface area contributed by atoms with Crippen molar-refractivity contribution in [3.8, 4) is 6.07 Å². The lowest BCUT2D eigenvalue weighted by Gasteiger charge is -2.35. The summed E-state index contributed by atoms with van der Waals surface area (Å²) in [5.41, 5.74) is 6.30. The van der Waals surface area contributed by atoms with Crippen LogP contribution in [-0.2, 0) is 4.74 Å². The van der Waals surface area contributed by atoms with E-state index in [-0.39, 0.29) is 5.69 Å². The highest BCUT2D eigenvalue weighted by Gasteiger charge is 2.29. The van der Waals surface area contributed by atoms with Gasteiger partial charge in [-0.15, -0.1) is 0 Å². The van der Waals surface area contributed by atoms with Crippen molar-refractivity contribution in [3.05, 3.63) is 17.8 Å². The van der Waals surface area contributed by atoms with E-state index < -0.39 is 0 Å². The van der Waals surface area contributed by atoms with Crippen LogP contribution in [0.2, 0.25) is 0 Å². The molecule has 3 N–H and O–H groups in total. The van der Waals surface area contributed by atoms with Gasteiger partial charge >= 0.3 is 0 Å². The summed E-state index contributed by atoms with van der Waals surface area (Å²) < 4.78 is 5.48. The van der Waals surface area contributed by atoms with Gasteiger partial charge < -0.3 is 15.8 Å². The summed E-state index contributed by atoms with van der Waals surface area (Å²) in [6, 6.07) is 5.85. The van der Waals surface area contributed by atoms with Gasteiger partial charge in [-0.25, -0.2) is 4.98 Å². The van der Waals surface area contributed by atoms with E-state index >= 15 is 0 Å². The number of nitriles is 1. The molecular weight excluding hydrogens is 216 g/mol. The van der Waals surface area contributed by atoms with Crippen LogP contribution in [-0.4, -0.2) is 23.7 Å². The van der Waals surface area contributed by atoms with E-state index in [0.29, 0.717) is 23.7 Å². The van der Waals surface area contributed by atoms with Crippen molar-refractivity contribution in [1.29, 1.82) is 5.26 Å². The number of hydrogen-bond donors (Lipinski definition) is 2.